The van der Waals surface area contributed by atoms with Crippen LogP contribution in [0.5, 0.6) is 0 Å². The lowest BCUT2D eigenvalue weighted by atomic mass is 9.93. The second-order valence-corrected chi connectivity index (χ2v) is 4.01. The first-order valence-electron chi connectivity index (χ1n) is 4.76. The Morgan fingerprint density at radius 3 is 2.64 bits per heavy atom. The molecule has 0 amide bonds. The van der Waals surface area contributed by atoms with Crippen molar-refractivity contribution in [3.05, 3.63) is 34.6 Å². The van der Waals surface area contributed by atoms with Crippen molar-refractivity contribution in [2.45, 2.75) is 26.3 Å². The van der Waals surface area contributed by atoms with Crippen LogP contribution in [-0.2, 0) is 0 Å². The van der Waals surface area contributed by atoms with Gasteiger partial charge in [-0.1, -0.05) is 37.9 Å². The molecule has 0 saturated carbocycles. The minimum Gasteiger partial charge on any atom is -0.324 e. The van der Waals surface area contributed by atoms with E-state index in [0.717, 1.165) is 6.42 Å². The zero-order valence-electron chi connectivity index (χ0n) is 8.43. The third-order valence-electron chi connectivity index (χ3n) is 2.58. The van der Waals surface area contributed by atoms with Crippen molar-refractivity contribution < 1.29 is 4.39 Å². The summed E-state index contributed by atoms with van der Waals surface area (Å²) in [4.78, 5) is 0. The van der Waals surface area contributed by atoms with Gasteiger partial charge in [-0.05, 0) is 18.1 Å². The fourth-order valence-electron chi connectivity index (χ4n) is 1.33. The molecule has 0 saturated heterocycles. The van der Waals surface area contributed by atoms with Crippen LogP contribution in [0.2, 0.25) is 5.02 Å². The van der Waals surface area contributed by atoms with Crippen molar-refractivity contribution in [1.29, 1.82) is 0 Å². The van der Waals surface area contributed by atoms with Crippen molar-refractivity contribution in [3.8, 4) is 0 Å². The van der Waals surface area contributed by atoms with Crippen LogP contribution < -0.4 is 5.73 Å². The Bertz CT molecular complexity index is 314. The van der Waals surface area contributed by atoms with Crippen molar-refractivity contribution >= 4 is 11.6 Å². The molecule has 0 radical (unpaired) electrons. The third kappa shape index (κ3) is 2.46. The van der Waals surface area contributed by atoms with E-state index in [9.17, 15) is 4.39 Å². The van der Waals surface area contributed by atoms with Gasteiger partial charge in [0.15, 0.2) is 0 Å². The van der Waals surface area contributed by atoms with Crippen LogP contribution in [0, 0.1) is 11.7 Å². The van der Waals surface area contributed by atoms with Gasteiger partial charge in [-0.15, -0.1) is 0 Å². The number of rotatable bonds is 3. The number of halogens is 2. The molecule has 1 aromatic carbocycles. The summed E-state index contributed by atoms with van der Waals surface area (Å²) in [5.74, 6) is -0.0454. The molecule has 0 aliphatic heterocycles. The van der Waals surface area contributed by atoms with E-state index in [0.29, 0.717) is 10.6 Å². The van der Waals surface area contributed by atoms with Gasteiger partial charge in [0, 0.05) is 16.6 Å². The fourth-order valence-corrected chi connectivity index (χ4v) is 1.49. The van der Waals surface area contributed by atoms with Gasteiger partial charge < -0.3 is 5.73 Å². The highest BCUT2D eigenvalue weighted by molar-refractivity contribution is 6.30. The highest BCUT2D eigenvalue weighted by Crippen LogP contribution is 2.25. The number of nitrogens with two attached hydrogens (primary N) is 1. The zero-order valence-corrected chi connectivity index (χ0v) is 9.18. The highest BCUT2D eigenvalue weighted by atomic mass is 35.5. The number of benzene rings is 1. The quantitative estimate of drug-likeness (QED) is 0.820. The molecule has 0 spiro atoms. The summed E-state index contributed by atoms with van der Waals surface area (Å²) in [6.07, 6.45) is 0.934. The van der Waals surface area contributed by atoms with Gasteiger partial charge in [0.1, 0.15) is 5.82 Å². The van der Waals surface area contributed by atoms with E-state index in [2.05, 4.69) is 0 Å². The SMILES string of the molecule is CCC(C)[C@@H](N)c1ccc(Cl)cc1F. The average Bonchev–Trinajstić information content (AvgIpc) is 2.15. The van der Waals surface area contributed by atoms with Gasteiger partial charge in [-0.2, -0.15) is 0 Å². The molecule has 1 aromatic rings. The van der Waals surface area contributed by atoms with Crippen molar-refractivity contribution in [2.75, 3.05) is 0 Å². The van der Waals surface area contributed by atoms with Crippen LogP contribution in [0.25, 0.3) is 0 Å². The van der Waals surface area contributed by atoms with Crippen LogP contribution in [-0.4, -0.2) is 0 Å². The van der Waals surface area contributed by atoms with E-state index < -0.39 is 0 Å². The van der Waals surface area contributed by atoms with E-state index >= 15 is 0 Å². The minimum absolute atomic E-state index is 0.253. The second-order valence-electron chi connectivity index (χ2n) is 3.58. The molecule has 14 heavy (non-hydrogen) atoms. The molecule has 0 aliphatic carbocycles. The van der Waals surface area contributed by atoms with Crippen LogP contribution in [0.4, 0.5) is 4.39 Å². The third-order valence-corrected chi connectivity index (χ3v) is 2.81. The topological polar surface area (TPSA) is 26.0 Å². The van der Waals surface area contributed by atoms with E-state index in [1.165, 1.54) is 6.07 Å². The molecule has 1 nitrogen and oxygen atoms in total. The largest absolute Gasteiger partial charge is 0.324 e. The first-order valence-corrected chi connectivity index (χ1v) is 5.14. The Morgan fingerprint density at radius 2 is 2.14 bits per heavy atom. The molecule has 0 bridgehead atoms. The standard InChI is InChI=1S/C11H15ClFN/c1-3-7(2)11(14)9-5-4-8(12)6-10(9)13/h4-7,11H,3,14H2,1-2H3/t7?,11-/m1/s1. The molecule has 0 heterocycles. The normalized spacial score (nSPS) is 15.2. The molecule has 0 aliphatic rings. The Balaban J connectivity index is 2.95. The molecule has 78 valence electrons. The summed E-state index contributed by atoms with van der Waals surface area (Å²) in [5.41, 5.74) is 6.46. The molecular weight excluding hydrogens is 201 g/mol. The second kappa shape index (κ2) is 4.76. The smallest absolute Gasteiger partial charge is 0.129 e. The maximum Gasteiger partial charge on any atom is 0.129 e. The lowest BCUT2D eigenvalue weighted by molar-refractivity contribution is 0.439. The summed E-state index contributed by atoms with van der Waals surface area (Å²) >= 11 is 5.65. The lowest BCUT2D eigenvalue weighted by Gasteiger charge is -2.19. The molecular formula is C11H15ClFN. The Morgan fingerprint density at radius 1 is 1.50 bits per heavy atom. The Kier molecular flexibility index (Phi) is 3.90. The first kappa shape index (κ1) is 11.5. The van der Waals surface area contributed by atoms with E-state index in [1.807, 2.05) is 13.8 Å². The lowest BCUT2D eigenvalue weighted by Crippen LogP contribution is -2.19. The van der Waals surface area contributed by atoms with Crippen LogP contribution in [0.1, 0.15) is 31.9 Å². The van der Waals surface area contributed by atoms with Gasteiger partial charge in [-0.25, -0.2) is 4.39 Å². The zero-order chi connectivity index (χ0) is 10.7. The molecule has 3 heteroatoms. The summed E-state index contributed by atoms with van der Waals surface area (Å²) in [5, 5.41) is 0.405. The van der Waals surface area contributed by atoms with E-state index in [-0.39, 0.29) is 17.8 Å². The molecule has 0 aromatic heterocycles. The molecule has 2 atom stereocenters. The summed E-state index contributed by atoms with van der Waals surface area (Å²) in [6, 6.07) is 4.38. The average molecular weight is 216 g/mol. The van der Waals surface area contributed by atoms with Gasteiger partial charge in [0.25, 0.3) is 0 Å². The molecule has 0 fully saturated rings. The maximum atomic E-state index is 13.4. The first-order chi connectivity index (χ1) is 6.56. The molecule has 1 rings (SSSR count). The Labute approximate surface area is 89.1 Å². The van der Waals surface area contributed by atoms with Crippen molar-refractivity contribution in [1.82, 2.24) is 0 Å². The number of hydrogen-bond acceptors (Lipinski definition) is 1. The fraction of sp³-hybridized carbons (Fsp3) is 0.455. The molecule has 1 unspecified atom stereocenters. The van der Waals surface area contributed by atoms with Crippen molar-refractivity contribution in [3.63, 3.8) is 0 Å². The van der Waals surface area contributed by atoms with E-state index in [4.69, 9.17) is 17.3 Å². The van der Waals surface area contributed by atoms with E-state index in [1.54, 1.807) is 12.1 Å². The van der Waals surface area contributed by atoms with Crippen LogP contribution in [0.15, 0.2) is 18.2 Å². The predicted octanol–water partition coefficient (Wildman–Crippen LogP) is 3.53. The summed E-state index contributed by atoms with van der Waals surface area (Å²) < 4.78 is 13.4. The highest BCUT2D eigenvalue weighted by Gasteiger charge is 2.16. The van der Waals surface area contributed by atoms with Gasteiger partial charge in [-0.3, -0.25) is 0 Å². The summed E-state index contributed by atoms with van der Waals surface area (Å²) in [6.45, 7) is 4.05. The van der Waals surface area contributed by atoms with Gasteiger partial charge in [0.05, 0.1) is 0 Å². The van der Waals surface area contributed by atoms with Crippen molar-refractivity contribution in [2.24, 2.45) is 11.7 Å². The van der Waals surface area contributed by atoms with Gasteiger partial charge >= 0.3 is 0 Å². The predicted molar refractivity (Wildman–Crippen MR) is 57.8 cm³/mol. The maximum absolute atomic E-state index is 13.4. The number of hydrogen-bond donors (Lipinski definition) is 1. The molecule has 2 N–H and O–H groups in total. The van der Waals surface area contributed by atoms with Crippen LogP contribution >= 0.6 is 11.6 Å². The summed E-state index contributed by atoms with van der Waals surface area (Å²) in [7, 11) is 0. The van der Waals surface area contributed by atoms with Gasteiger partial charge in [0.2, 0.25) is 0 Å². The Hall–Kier alpha value is -0.600. The minimum atomic E-state index is -0.315. The monoisotopic (exact) mass is 215 g/mol. The van der Waals surface area contributed by atoms with Crippen LogP contribution in [0.3, 0.4) is 0 Å².